The van der Waals surface area contributed by atoms with Crippen LogP contribution in [0.2, 0.25) is 0 Å². The molecule has 0 bridgehead atoms. The van der Waals surface area contributed by atoms with Crippen LogP contribution in [-0.4, -0.2) is 42.5 Å². The average molecular weight is 437 g/mol. The van der Waals surface area contributed by atoms with E-state index in [0.717, 1.165) is 9.54 Å². The summed E-state index contributed by atoms with van der Waals surface area (Å²) in [6, 6.07) is 11.3. The fourth-order valence-electron chi connectivity index (χ4n) is 3.21. The third-order valence-electron chi connectivity index (χ3n) is 4.85. The van der Waals surface area contributed by atoms with E-state index < -0.39 is 16.0 Å². The first kappa shape index (κ1) is 20.5. The van der Waals surface area contributed by atoms with E-state index in [4.69, 9.17) is 9.47 Å². The van der Waals surface area contributed by atoms with Gasteiger partial charge in [0.05, 0.1) is 36.3 Å². The van der Waals surface area contributed by atoms with Gasteiger partial charge in [-0.05, 0) is 37.3 Å². The number of rotatable bonds is 5. The molecule has 158 valence electrons. The Bertz CT molecular complexity index is 1390. The SMILES string of the molecule is COC(=O)c1ccc2c(n1)c(-c1cncc(OC)c1)cn2S(=O)(=O)c1ccc(C)cc1. The molecule has 0 saturated carbocycles. The van der Waals surface area contributed by atoms with Crippen LogP contribution in [0.1, 0.15) is 16.1 Å². The summed E-state index contributed by atoms with van der Waals surface area (Å²) in [5.41, 5.74) is 2.75. The summed E-state index contributed by atoms with van der Waals surface area (Å²) in [6.45, 7) is 1.88. The number of ether oxygens (including phenoxy) is 2. The quantitative estimate of drug-likeness (QED) is 0.441. The number of carbonyl (C=O) groups excluding carboxylic acids is 1. The molecule has 0 atom stereocenters. The Morgan fingerprint density at radius 2 is 1.77 bits per heavy atom. The highest BCUT2D eigenvalue weighted by atomic mass is 32.2. The van der Waals surface area contributed by atoms with Crippen LogP contribution >= 0.6 is 0 Å². The molecule has 3 heterocycles. The van der Waals surface area contributed by atoms with Gasteiger partial charge in [-0.1, -0.05) is 17.7 Å². The molecular weight excluding hydrogens is 418 g/mol. The Hall–Kier alpha value is -3.72. The predicted octanol–water partition coefficient (Wildman–Crippen LogP) is 3.44. The van der Waals surface area contributed by atoms with Crippen molar-refractivity contribution in [1.29, 1.82) is 0 Å². The van der Waals surface area contributed by atoms with Crippen molar-refractivity contribution in [2.24, 2.45) is 0 Å². The highest BCUT2D eigenvalue weighted by Gasteiger charge is 2.24. The molecule has 1 aromatic carbocycles. The number of benzene rings is 1. The maximum absolute atomic E-state index is 13.4. The Morgan fingerprint density at radius 1 is 1.03 bits per heavy atom. The fraction of sp³-hybridized carbons (Fsp3) is 0.136. The average Bonchev–Trinajstić information content (AvgIpc) is 3.18. The minimum atomic E-state index is -3.92. The molecular formula is C22H19N3O5S. The molecule has 0 aliphatic rings. The second-order valence-electron chi connectivity index (χ2n) is 6.83. The van der Waals surface area contributed by atoms with Crippen LogP contribution in [-0.2, 0) is 14.8 Å². The normalized spacial score (nSPS) is 11.5. The lowest BCUT2D eigenvalue weighted by atomic mass is 10.1. The van der Waals surface area contributed by atoms with Crippen LogP contribution in [0.3, 0.4) is 0 Å². The van der Waals surface area contributed by atoms with Crippen molar-refractivity contribution in [3.63, 3.8) is 0 Å². The molecule has 4 rings (SSSR count). The molecule has 4 aromatic rings. The van der Waals surface area contributed by atoms with Gasteiger partial charge in [0.25, 0.3) is 10.0 Å². The number of esters is 1. The lowest BCUT2D eigenvalue weighted by Gasteiger charge is -2.08. The van der Waals surface area contributed by atoms with Gasteiger partial charge in [0, 0.05) is 23.5 Å². The number of aromatic nitrogens is 3. The van der Waals surface area contributed by atoms with Gasteiger partial charge < -0.3 is 9.47 Å². The molecule has 0 fully saturated rings. The van der Waals surface area contributed by atoms with E-state index in [9.17, 15) is 13.2 Å². The van der Waals surface area contributed by atoms with Crippen LogP contribution in [0, 0.1) is 6.92 Å². The standard InChI is InChI=1S/C22H19N3O5S/c1-14-4-6-17(7-5-14)31(27,28)25-13-18(15-10-16(29-2)12-23-11-15)21-20(25)9-8-19(24-21)22(26)30-3/h4-13H,1-3H3. The summed E-state index contributed by atoms with van der Waals surface area (Å²) in [6.07, 6.45) is 4.59. The zero-order valence-electron chi connectivity index (χ0n) is 17.1. The fourth-order valence-corrected chi connectivity index (χ4v) is 4.56. The van der Waals surface area contributed by atoms with Crippen molar-refractivity contribution < 1.29 is 22.7 Å². The first-order chi connectivity index (χ1) is 14.8. The number of pyridine rings is 2. The minimum Gasteiger partial charge on any atom is -0.495 e. The summed E-state index contributed by atoms with van der Waals surface area (Å²) in [4.78, 5) is 20.7. The second kappa shape index (κ2) is 7.84. The molecule has 0 spiro atoms. The van der Waals surface area contributed by atoms with Gasteiger partial charge in [-0.2, -0.15) is 0 Å². The third-order valence-corrected chi connectivity index (χ3v) is 6.53. The number of methoxy groups -OCH3 is 2. The number of carbonyl (C=O) groups is 1. The highest BCUT2D eigenvalue weighted by molar-refractivity contribution is 7.90. The lowest BCUT2D eigenvalue weighted by Crippen LogP contribution is -2.12. The van der Waals surface area contributed by atoms with Gasteiger partial charge in [-0.3, -0.25) is 4.98 Å². The van der Waals surface area contributed by atoms with Gasteiger partial charge >= 0.3 is 5.97 Å². The molecule has 31 heavy (non-hydrogen) atoms. The molecule has 0 saturated heterocycles. The zero-order valence-corrected chi connectivity index (χ0v) is 17.9. The Kier molecular flexibility index (Phi) is 5.20. The van der Waals surface area contributed by atoms with E-state index in [1.165, 1.54) is 32.5 Å². The maximum Gasteiger partial charge on any atom is 0.356 e. The molecule has 0 unspecified atom stereocenters. The molecule has 3 aromatic heterocycles. The van der Waals surface area contributed by atoms with Crippen molar-refractivity contribution in [2.75, 3.05) is 14.2 Å². The minimum absolute atomic E-state index is 0.0672. The van der Waals surface area contributed by atoms with Crippen molar-refractivity contribution in [1.82, 2.24) is 13.9 Å². The van der Waals surface area contributed by atoms with Crippen LogP contribution in [0.4, 0.5) is 0 Å². The summed E-state index contributed by atoms with van der Waals surface area (Å²) in [5.74, 6) is -0.116. The summed E-state index contributed by atoms with van der Waals surface area (Å²) in [5, 5.41) is 0. The van der Waals surface area contributed by atoms with Crippen molar-refractivity contribution >= 4 is 27.0 Å². The largest absolute Gasteiger partial charge is 0.495 e. The van der Waals surface area contributed by atoms with Gasteiger partial charge in [0.15, 0.2) is 0 Å². The maximum atomic E-state index is 13.4. The van der Waals surface area contributed by atoms with Crippen LogP contribution < -0.4 is 4.74 Å². The Morgan fingerprint density at radius 3 is 2.45 bits per heavy atom. The van der Waals surface area contributed by atoms with E-state index in [0.29, 0.717) is 27.9 Å². The van der Waals surface area contributed by atoms with E-state index in [-0.39, 0.29) is 10.6 Å². The van der Waals surface area contributed by atoms with Crippen molar-refractivity contribution in [3.8, 4) is 16.9 Å². The first-order valence-corrected chi connectivity index (χ1v) is 10.7. The van der Waals surface area contributed by atoms with Gasteiger partial charge in [-0.15, -0.1) is 0 Å². The molecule has 0 amide bonds. The monoisotopic (exact) mass is 437 g/mol. The van der Waals surface area contributed by atoms with Crippen molar-refractivity contribution in [3.05, 3.63) is 72.3 Å². The summed E-state index contributed by atoms with van der Waals surface area (Å²) in [7, 11) is -1.14. The number of fused-ring (bicyclic) bond motifs is 1. The first-order valence-electron chi connectivity index (χ1n) is 9.27. The third kappa shape index (κ3) is 3.64. The number of aryl methyl sites for hydroxylation is 1. The highest BCUT2D eigenvalue weighted by Crippen LogP contribution is 2.33. The Labute approximate surface area is 179 Å². The Balaban J connectivity index is 2.00. The molecule has 9 heteroatoms. The predicted molar refractivity (Wildman–Crippen MR) is 115 cm³/mol. The van der Waals surface area contributed by atoms with E-state index in [1.807, 2.05) is 6.92 Å². The number of hydrogen-bond donors (Lipinski definition) is 0. The van der Waals surface area contributed by atoms with Gasteiger partial charge in [0.2, 0.25) is 0 Å². The van der Waals surface area contributed by atoms with Gasteiger partial charge in [0.1, 0.15) is 11.4 Å². The summed E-state index contributed by atoms with van der Waals surface area (Å²) < 4.78 is 38.0. The van der Waals surface area contributed by atoms with Crippen LogP contribution in [0.5, 0.6) is 5.75 Å². The lowest BCUT2D eigenvalue weighted by molar-refractivity contribution is 0.0594. The molecule has 0 radical (unpaired) electrons. The van der Waals surface area contributed by atoms with E-state index in [2.05, 4.69) is 9.97 Å². The van der Waals surface area contributed by atoms with Crippen molar-refractivity contribution in [2.45, 2.75) is 11.8 Å². The topological polar surface area (TPSA) is 100 Å². The number of hydrogen-bond acceptors (Lipinski definition) is 7. The van der Waals surface area contributed by atoms with Gasteiger partial charge in [-0.25, -0.2) is 22.2 Å². The van der Waals surface area contributed by atoms with Crippen LogP contribution in [0.25, 0.3) is 22.2 Å². The molecule has 0 aliphatic heterocycles. The molecule has 0 aliphatic carbocycles. The molecule has 8 nitrogen and oxygen atoms in total. The second-order valence-corrected chi connectivity index (χ2v) is 8.64. The zero-order chi connectivity index (χ0) is 22.2. The smallest absolute Gasteiger partial charge is 0.356 e. The summed E-state index contributed by atoms with van der Waals surface area (Å²) >= 11 is 0. The van der Waals surface area contributed by atoms with Crippen LogP contribution in [0.15, 0.2) is 66.0 Å². The molecule has 0 N–H and O–H groups in total. The van der Waals surface area contributed by atoms with E-state index >= 15 is 0 Å². The number of nitrogens with zero attached hydrogens (tertiary/aromatic N) is 3. The van der Waals surface area contributed by atoms with E-state index in [1.54, 1.807) is 42.7 Å².